The maximum atomic E-state index is 10.0. The standard InChI is InChI=1S/C12H25NO2/c1-9(2)12(3,15)8-13-7-10-4-5-11(14)6-10/h9-11,13-15H,4-8H2,1-3H3. The molecule has 0 aromatic carbocycles. The number of hydrogen-bond donors (Lipinski definition) is 3. The molecule has 0 bridgehead atoms. The molecule has 15 heavy (non-hydrogen) atoms. The minimum absolute atomic E-state index is 0.0950. The monoisotopic (exact) mass is 215 g/mol. The Bertz CT molecular complexity index is 192. The number of aliphatic hydroxyl groups is 2. The molecule has 3 N–H and O–H groups in total. The summed E-state index contributed by atoms with van der Waals surface area (Å²) < 4.78 is 0. The Kier molecular flexibility index (Phi) is 4.56. The van der Waals surface area contributed by atoms with Crippen LogP contribution in [0.1, 0.15) is 40.0 Å². The summed E-state index contributed by atoms with van der Waals surface area (Å²) in [6.07, 6.45) is 2.87. The first-order valence-corrected chi connectivity index (χ1v) is 6.03. The molecular formula is C12H25NO2. The van der Waals surface area contributed by atoms with Gasteiger partial charge in [0.1, 0.15) is 0 Å². The lowest BCUT2D eigenvalue weighted by Gasteiger charge is -2.28. The Hall–Kier alpha value is -0.120. The van der Waals surface area contributed by atoms with Gasteiger partial charge < -0.3 is 15.5 Å². The van der Waals surface area contributed by atoms with E-state index < -0.39 is 5.60 Å². The lowest BCUT2D eigenvalue weighted by atomic mass is 9.92. The van der Waals surface area contributed by atoms with Gasteiger partial charge in [0, 0.05) is 6.54 Å². The fourth-order valence-electron chi connectivity index (χ4n) is 1.97. The molecule has 0 spiro atoms. The zero-order chi connectivity index (χ0) is 11.5. The summed E-state index contributed by atoms with van der Waals surface area (Å²) in [4.78, 5) is 0. The van der Waals surface area contributed by atoms with E-state index in [2.05, 4.69) is 5.32 Å². The Morgan fingerprint density at radius 3 is 2.53 bits per heavy atom. The second-order valence-corrected chi connectivity index (χ2v) is 5.48. The summed E-state index contributed by atoms with van der Waals surface area (Å²) in [5, 5.41) is 22.7. The molecule has 0 heterocycles. The van der Waals surface area contributed by atoms with E-state index in [-0.39, 0.29) is 12.0 Å². The van der Waals surface area contributed by atoms with E-state index in [1.165, 1.54) is 0 Å². The van der Waals surface area contributed by atoms with Crippen molar-refractivity contribution in [2.75, 3.05) is 13.1 Å². The lowest BCUT2D eigenvalue weighted by molar-refractivity contribution is 0.0135. The van der Waals surface area contributed by atoms with Gasteiger partial charge in [-0.3, -0.25) is 0 Å². The summed E-state index contributed by atoms with van der Waals surface area (Å²) in [5.74, 6) is 0.849. The lowest BCUT2D eigenvalue weighted by Crippen LogP contribution is -2.43. The van der Waals surface area contributed by atoms with Gasteiger partial charge in [-0.2, -0.15) is 0 Å². The molecule has 1 rings (SSSR count). The second-order valence-electron chi connectivity index (χ2n) is 5.48. The van der Waals surface area contributed by atoms with Crippen molar-refractivity contribution in [2.24, 2.45) is 11.8 Å². The van der Waals surface area contributed by atoms with E-state index >= 15 is 0 Å². The van der Waals surface area contributed by atoms with Gasteiger partial charge in [0.15, 0.2) is 0 Å². The average molecular weight is 215 g/mol. The van der Waals surface area contributed by atoms with Gasteiger partial charge in [-0.05, 0) is 44.6 Å². The molecule has 3 atom stereocenters. The number of rotatable bonds is 5. The first-order chi connectivity index (χ1) is 6.92. The molecule has 0 aliphatic heterocycles. The molecule has 1 aliphatic rings. The van der Waals surface area contributed by atoms with Crippen LogP contribution in [0, 0.1) is 11.8 Å². The molecule has 0 aromatic heterocycles. The Balaban J connectivity index is 2.16. The van der Waals surface area contributed by atoms with Gasteiger partial charge in [-0.25, -0.2) is 0 Å². The van der Waals surface area contributed by atoms with Crippen molar-refractivity contribution >= 4 is 0 Å². The summed E-state index contributed by atoms with van der Waals surface area (Å²) in [7, 11) is 0. The van der Waals surface area contributed by atoms with Crippen LogP contribution in [0.3, 0.4) is 0 Å². The fourth-order valence-corrected chi connectivity index (χ4v) is 1.97. The minimum atomic E-state index is -0.628. The van der Waals surface area contributed by atoms with E-state index in [4.69, 9.17) is 0 Å². The zero-order valence-corrected chi connectivity index (χ0v) is 10.2. The van der Waals surface area contributed by atoms with Gasteiger partial charge in [-0.15, -0.1) is 0 Å². The highest BCUT2D eigenvalue weighted by Crippen LogP contribution is 2.24. The second kappa shape index (κ2) is 5.28. The van der Waals surface area contributed by atoms with Crippen LogP contribution in [0.4, 0.5) is 0 Å². The Morgan fingerprint density at radius 2 is 2.07 bits per heavy atom. The van der Waals surface area contributed by atoms with Crippen LogP contribution in [0.5, 0.6) is 0 Å². The SMILES string of the molecule is CC(C)C(C)(O)CNCC1CCC(O)C1. The van der Waals surface area contributed by atoms with Crippen molar-refractivity contribution in [3.8, 4) is 0 Å². The molecule has 1 fully saturated rings. The molecule has 0 aromatic rings. The Labute approximate surface area is 92.9 Å². The molecule has 0 radical (unpaired) electrons. The first-order valence-electron chi connectivity index (χ1n) is 6.03. The third kappa shape index (κ3) is 4.09. The summed E-state index contributed by atoms with van der Waals surface area (Å²) in [6.45, 7) is 7.48. The predicted octanol–water partition coefficient (Wildman–Crippen LogP) is 1.14. The quantitative estimate of drug-likeness (QED) is 0.645. The van der Waals surface area contributed by atoms with Crippen molar-refractivity contribution in [1.29, 1.82) is 0 Å². The van der Waals surface area contributed by atoms with Crippen LogP contribution in [0.15, 0.2) is 0 Å². The van der Waals surface area contributed by atoms with E-state index in [1.54, 1.807) is 0 Å². The maximum absolute atomic E-state index is 10.0. The summed E-state index contributed by atoms with van der Waals surface area (Å²) in [5.41, 5.74) is -0.628. The van der Waals surface area contributed by atoms with Gasteiger partial charge in [0.2, 0.25) is 0 Å². The number of aliphatic hydroxyl groups excluding tert-OH is 1. The van der Waals surface area contributed by atoms with Crippen LogP contribution in [0.2, 0.25) is 0 Å². The number of nitrogens with one attached hydrogen (secondary N) is 1. The molecule has 1 saturated carbocycles. The van der Waals surface area contributed by atoms with Crippen LogP contribution in [-0.4, -0.2) is 35.0 Å². The van der Waals surface area contributed by atoms with Gasteiger partial charge >= 0.3 is 0 Å². The van der Waals surface area contributed by atoms with Crippen molar-refractivity contribution in [2.45, 2.75) is 51.7 Å². The number of hydrogen-bond acceptors (Lipinski definition) is 3. The van der Waals surface area contributed by atoms with Gasteiger partial charge in [-0.1, -0.05) is 13.8 Å². The molecule has 3 heteroatoms. The largest absolute Gasteiger partial charge is 0.393 e. The topological polar surface area (TPSA) is 52.5 Å². The molecule has 3 unspecified atom stereocenters. The van der Waals surface area contributed by atoms with E-state index in [9.17, 15) is 10.2 Å². The molecule has 0 saturated heterocycles. The van der Waals surface area contributed by atoms with E-state index in [0.717, 1.165) is 25.8 Å². The van der Waals surface area contributed by atoms with E-state index in [1.807, 2.05) is 20.8 Å². The van der Waals surface area contributed by atoms with Crippen molar-refractivity contribution in [1.82, 2.24) is 5.32 Å². The highest BCUT2D eigenvalue weighted by Gasteiger charge is 2.26. The van der Waals surface area contributed by atoms with Crippen molar-refractivity contribution < 1.29 is 10.2 Å². The highest BCUT2D eigenvalue weighted by molar-refractivity contribution is 4.81. The summed E-state index contributed by atoms with van der Waals surface area (Å²) >= 11 is 0. The van der Waals surface area contributed by atoms with Crippen LogP contribution in [0.25, 0.3) is 0 Å². The molecule has 1 aliphatic carbocycles. The molecule has 3 nitrogen and oxygen atoms in total. The van der Waals surface area contributed by atoms with Gasteiger partial charge in [0.25, 0.3) is 0 Å². The van der Waals surface area contributed by atoms with Crippen molar-refractivity contribution in [3.63, 3.8) is 0 Å². The predicted molar refractivity (Wildman–Crippen MR) is 61.7 cm³/mol. The zero-order valence-electron chi connectivity index (χ0n) is 10.2. The smallest absolute Gasteiger partial charge is 0.0766 e. The molecular weight excluding hydrogens is 190 g/mol. The fraction of sp³-hybridized carbons (Fsp3) is 1.00. The highest BCUT2D eigenvalue weighted by atomic mass is 16.3. The third-order valence-corrected chi connectivity index (χ3v) is 3.67. The van der Waals surface area contributed by atoms with Gasteiger partial charge in [0.05, 0.1) is 11.7 Å². The molecule has 90 valence electrons. The summed E-state index contributed by atoms with van der Waals surface area (Å²) in [6, 6.07) is 0. The maximum Gasteiger partial charge on any atom is 0.0766 e. The normalized spacial score (nSPS) is 30.8. The van der Waals surface area contributed by atoms with E-state index in [0.29, 0.717) is 12.5 Å². The molecule has 0 amide bonds. The third-order valence-electron chi connectivity index (χ3n) is 3.67. The first kappa shape index (κ1) is 12.9. The van der Waals surface area contributed by atoms with Crippen LogP contribution < -0.4 is 5.32 Å². The Morgan fingerprint density at radius 1 is 1.40 bits per heavy atom. The van der Waals surface area contributed by atoms with Crippen LogP contribution in [-0.2, 0) is 0 Å². The average Bonchev–Trinajstić information content (AvgIpc) is 2.51. The van der Waals surface area contributed by atoms with Crippen molar-refractivity contribution in [3.05, 3.63) is 0 Å². The van der Waals surface area contributed by atoms with Crippen LogP contribution >= 0.6 is 0 Å². The minimum Gasteiger partial charge on any atom is -0.393 e.